The number of nitrogens with zero attached hydrogens (tertiary/aromatic N) is 1. The lowest BCUT2D eigenvalue weighted by atomic mass is 9.88. The number of hydrogen-bond donors (Lipinski definition) is 2. The molecule has 2 aliphatic rings. The zero-order valence-electron chi connectivity index (χ0n) is 14.1. The molecule has 0 unspecified atom stereocenters. The zero-order chi connectivity index (χ0) is 16.9. The Balaban J connectivity index is 1.51. The monoisotopic (exact) mass is 334 g/mol. The molecular formula is C19H27FN2O2. The van der Waals surface area contributed by atoms with E-state index < -0.39 is 0 Å². The van der Waals surface area contributed by atoms with E-state index in [-0.39, 0.29) is 23.7 Å². The van der Waals surface area contributed by atoms with E-state index in [2.05, 4.69) is 10.2 Å². The molecule has 1 heterocycles. The maximum Gasteiger partial charge on any atom is 0.234 e. The molecule has 0 bridgehead atoms. The topological polar surface area (TPSA) is 52.6 Å². The minimum atomic E-state index is -0.387. The molecule has 0 aromatic heterocycles. The Morgan fingerprint density at radius 3 is 2.83 bits per heavy atom. The van der Waals surface area contributed by atoms with Gasteiger partial charge < -0.3 is 10.4 Å². The van der Waals surface area contributed by atoms with Crippen LogP contribution in [0.25, 0.3) is 0 Å². The second kappa shape index (κ2) is 8.08. The van der Waals surface area contributed by atoms with E-state index in [4.69, 9.17) is 0 Å². The van der Waals surface area contributed by atoms with Gasteiger partial charge in [-0.3, -0.25) is 9.69 Å². The molecule has 2 N–H and O–H groups in total. The molecule has 3 rings (SSSR count). The summed E-state index contributed by atoms with van der Waals surface area (Å²) in [4.78, 5) is 14.3. The van der Waals surface area contributed by atoms with Crippen LogP contribution in [0.4, 0.5) is 4.39 Å². The zero-order valence-corrected chi connectivity index (χ0v) is 14.1. The Labute approximate surface area is 143 Å². The van der Waals surface area contributed by atoms with Gasteiger partial charge in [-0.2, -0.15) is 0 Å². The van der Waals surface area contributed by atoms with Crippen molar-refractivity contribution in [2.24, 2.45) is 5.92 Å². The summed E-state index contributed by atoms with van der Waals surface area (Å²) in [6.45, 7) is 1.80. The molecule has 1 aromatic rings. The van der Waals surface area contributed by atoms with Crippen molar-refractivity contribution in [2.75, 3.05) is 19.6 Å². The molecule has 4 nitrogen and oxygen atoms in total. The van der Waals surface area contributed by atoms with Crippen LogP contribution in [0, 0.1) is 11.7 Å². The van der Waals surface area contributed by atoms with Crippen LogP contribution in [0.15, 0.2) is 24.3 Å². The predicted molar refractivity (Wildman–Crippen MR) is 91.1 cm³/mol. The summed E-state index contributed by atoms with van der Waals surface area (Å²) in [5, 5.41) is 13.4. The highest BCUT2D eigenvalue weighted by atomic mass is 19.1. The average Bonchev–Trinajstić information content (AvgIpc) is 3.03. The standard InChI is InChI=1S/C19H27FN2O2/c20-16-5-3-4-14(11-16)10-15-12-22(9-8-18(15)23)13-19(24)21-17-6-1-2-7-17/h3-5,11,15,17-18,23H,1-2,6-10,12-13H2,(H,21,24)/t15-,18+/m1/s1. The predicted octanol–water partition coefficient (Wildman–Crippen LogP) is 2.11. The Bertz CT molecular complexity index is 560. The number of aliphatic hydroxyl groups is 1. The summed E-state index contributed by atoms with van der Waals surface area (Å²) in [7, 11) is 0. The highest BCUT2D eigenvalue weighted by Crippen LogP contribution is 2.22. The van der Waals surface area contributed by atoms with Crippen molar-refractivity contribution in [3.63, 3.8) is 0 Å². The largest absolute Gasteiger partial charge is 0.393 e. The molecule has 1 amide bonds. The first-order valence-corrected chi connectivity index (χ1v) is 9.04. The maximum absolute atomic E-state index is 13.3. The number of carbonyl (C=O) groups excluding carboxylic acids is 1. The van der Waals surface area contributed by atoms with Gasteiger partial charge in [-0.15, -0.1) is 0 Å². The quantitative estimate of drug-likeness (QED) is 0.867. The molecule has 132 valence electrons. The molecular weight excluding hydrogens is 307 g/mol. The number of nitrogens with one attached hydrogen (secondary N) is 1. The van der Waals surface area contributed by atoms with E-state index in [1.165, 1.54) is 25.0 Å². The Hall–Kier alpha value is -1.46. The number of halogens is 1. The van der Waals surface area contributed by atoms with Crippen molar-refractivity contribution in [2.45, 2.75) is 50.7 Å². The van der Waals surface area contributed by atoms with Crippen LogP contribution < -0.4 is 5.32 Å². The third-order valence-corrected chi connectivity index (χ3v) is 5.25. The minimum absolute atomic E-state index is 0.0415. The maximum atomic E-state index is 13.3. The first-order valence-electron chi connectivity index (χ1n) is 9.04. The molecule has 5 heteroatoms. The second-order valence-corrected chi connectivity index (χ2v) is 7.23. The normalized spacial score (nSPS) is 25.8. The van der Waals surface area contributed by atoms with E-state index in [0.29, 0.717) is 32.0 Å². The van der Waals surface area contributed by atoms with E-state index in [1.807, 2.05) is 6.07 Å². The van der Waals surface area contributed by atoms with E-state index in [9.17, 15) is 14.3 Å². The lowest BCUT2D eigenvalue weighted by molar-refractivity contribution is -0.124. The summed E-state index contributed by atoms with van der Waals surface area (Å²) >= 11 is 0. The fourth-order valence-corrected chi connectivity index (χ4v) is 3.95. The van der Waals surface area contributed by atoms with Crippen molar-refractivity contribution in [3.05, 3.63) is 35.6 Å². The Morgan fingerprint density at radius 1 is 1.29 bits per heavy atom. The third kappa shape index (κ3) is 4.77. The van der Waals surface area contributed by atoms with Gasteiger partial charge in [0.2, 0.25) is 5.91 Å². The van der Waals surface area contributed by atoms with Crippen molar-refractivity contribution < 1.29 is 14.3 Å². The lowest BCUT2D eigenvalue weighted by Crippen LogP contribution is -2.48. The summed E-state index contributed by atoms with van der Waals surface area (Å²) < 4.78 is 13.3. The summed E-state index contributed by atoms with van der Waals surface area (Å²) in [5.74, 6) is -0.117. The van der Waals surface area contributed by atoms with Crippen molar-refractivity contribution in [1.82, 2.24) is 10.2 Å². The average molecular weight is 334 g/mol. The molecule has 1 aromatic carbocycles. The first kappa shape index (κ1) is 17.4. The molecule has 0 radical (unpaired) electrons. The Kier molecular flexibility index (Phi) is 5.85. The molecule has 0 spiro atoms. The summed E-state index contributed by atoms with van der Waals surface area (Å²) in [6, 6.07) is 6.89. The van der Waals surface area contributed by atoms with Gasteiger partial charge in [-0.25, -0.2) is 4.39 Å². The molecule has 1 saturated carbocycles. The van der Waals surface area contributed by atoms with Gasteiger partial charge in [-0.05, 0) is 43.4 Å². The van der Waals surface area contributed by atoms with Crippen LogP contribution in [0.3, 0.4) is 0 Å². The smallest absolute Gasteiger partial charge is 0.234 e. The van der Waals surface area contributed by atoms with Crippen LogP contribution >= 0.6 is 0 Å². The first-order chi connectivity index (χ1) is 11.6. The SMILES string of the molecule is O=C(CN1CC[C@H](O)[C@H](Cc2cccc(F)c2)C1)NC1CCCC1. The fourth-order valence-electron chi connectivity index (χ4n) is 3.95. The number of benzene rings is 1. The van der Waals surface area contributed by atoms with E-state index in [0.717, 1.165) is 24.9 Å². The molecule has 2 fully saturated rings. The van der Waals surface area contributed by atoms with Gasteiger partial charge in [0.15, 0.2) is 0 Å². The molecule has 1 aliphatic carbocycles. The van der Waals surface area contributed by atoms with Crippen LogP contribution in [-0.2, 0) is 11.2 Å². The van der Waals surface area contributed by atoms with Crippen molar-refractivity contribution in [3.8, 4) is 0 Å². The van der Waals surface area contributed by atoms with Crippen molar-refractivity contribution in [1.29, 1.82) is 0 Å². The fraction of sp³-hybridized carbons (Fsp3) is 0.632. The van der Waals surface area contributed by atoms with Gasteiger partial charge in [0.25, 0.3) is 0 Å². The van der Waals surface area contributed by atoms with Crippen LogP contribution in [0.2, 0.25) is 0 Å². The number of aliphatic hydroxyl groups excluding tert-OH is 1. The number of carbonyl (C=O) groups is 1. The van der Waals surface area contributed by atoms with E-state index in [1.54, 1.807) is 6.07 Å². The van der Waals surface area contributed by atoms with Gasteiger partial charge in [0.05, 0.1) is 12.6 Å². The number of rotatable bonds is 5. The Morgan fingerprint density at radius 2 is 2.08 bits per heavy atom. The highest BCUT2D eigenvalue weighted by molar-refractivity contribution is 5.78. The molecule has 24 heavy (non-hydrogen) atoms. The van der Waals surface area contributed by atoms with Gasteiger partial charge in [-0.1, -0.05) is 25.0 Å². The third-order valence-electron chi connectivity index (χ3n) is 5.25. The number of amides is 1. The van der Waals surface area contributed by atoms with Gasteiger partial charge in [0, 0.05) is 25.0 Å². The van der Waals surface area contributed by atoms with Crippen LogP contribution in [0.5, 0.6) is 0 Å². The second-order valence-electron chi connectivity index (χ2n) is 7.23. The number of likely N-dealkylation sites (tertiary alicyclic amines) is 1. The molecule has 2 atom stereocenters. The van der Waals surface area contributed by atoms with Crippen LogP contribution in [-0.4, -0.2) is 47.7 Å². The lowest BCUT2D eigenvalue weighted by Gasteiger charge is -2.36. The van der Waals surface area contributed by atoms with Crippen LogP contribution in [0.1, 0.15) is 37.7 Å². The molecule has 1 saturated heterocycles. The minimum Gasteiger partial charge on any atom is -0.393 e. The van der Waals surface area contributed by atoms with E-state index >= 15 is 0 Å². The van der Waals surface area contributed by atoms with Crippen molar-refractivity contribution >= 4 is 5.91 Å². The van der Waals surface area contributed by atoms with Gasteiger partial charge >= 0.3 is 0 Å². The highest BCUT2D eigenvalue weighted by Gasteiger charge is 2.29. The summed E-state index contributed by atoms with van der Waals surface area (Å²) in [5.41, 5.74) is 0.899. The van der Waals surface area contributed by atoms with Gasteiger partial charge in [0.1, 0.15) is 5.82 Å². The summed E-state index contributed by atoms with van der Waals surface area (Å²) in [6.07, 6.45) is 5.50. The number of hydrogen-bond acceptors (Lipinski definition) is 3. The molecule has 1 aliphatic heterocycles. The number of piperidine rings is 1.